The monoisotopic (exact) mass is 440 g/mol. The number of phenols is 4. The average Bonchev–Trinajstić information content (AvgIpc) is 2.80. The van der Waals surface area contributed by atoms with Gasteiger partial charge in [0.25, 0.3) is 0 Å². The molecule has 0 spiro atoms. The maximum Gasteiger partial charge on any atom is 0.115 e. The molecule has 4 rings (SSSR count). The Morgan fingerprint density at radius 3 is 0.697 bits per heavy atom. The van der Waals surface area contributed by atoms with E-state index < -0.39 is 0 Å². The topological polar surface area (TPSA) is 80.9 Å². The van der Waals surface area contributed by atoms with E-state index in [0.717, 1.165) is 47.9 Å². The fourth-order valence-electron chi connectivity index (χ4n) is 4.56. The Kier molecular flexibility index (Phi) is 6.55. The molecular weight excluding hydrogens is 412 g/mol. The standard InChI is InChI=1S/C29H28O4/c30-25-9-1-21(2-10-25)17-29(18-22-3-11-26(31)12-4-22,19-23-5-13-27(32)14-6-23)20-24-7-15-28(33)16-8-24/h1-16,30-33H,17-20H2. The van der Waals surface area contributed by atoms with E-state index in [9.17, 15) is 20.4 Å². The predicted octanol–water partition coefficient (Wildman–Crippen LogP) is 5.77. The van der Waals surface area contributed by atoms with Crippen LogP contribution in [0.5, 0.6) is 23.0 Å². The van der Waals surface area contributed by atoms with Crippen LogP contribution in [0.15, 0.2) is 97.1 Å². The predicted molar refractivity (Wildman–Crippen MR) is 130 cm³/mol. The van der Waals surface area contributed by atoms with E-state index in [1.807, 2.05) is 48.5 Å². The van der Waals surface area contributed by atoms with E-state index in [4.69, 9.17) is 0 Å². The second kappa shape index (κ2) is 9.70. The highest BCUT2D eigenvalue weighted by Gasteiger charge is 2.32. The van der Waals surface area contributed by atoms with Crippen LogP contribution in [0.3, 0.4) is 0 Å². The smallest absolute Gasteiger partial charge is 0.115 e. The van der Waals surface area contributed by atoms with E-state index in [2.05, 4.69) is 0 Å². The van der Waals surface area contributed by atoms with Gasteiger partial charge in [-0.2, -0.15) is 0 Å². The molecule has 0 amide bonds. The molecule has 0 radical (unpaired) electrons. The van der Waals surface area contributed by atoms with Gasteiger partial charge in [0.2, 0.25) is 0 Å². The van der Waals surface area contributed by atoms with Crippen molar-refractivity contribution in [3.05, 3.63) is 119 Å². The minimum Gasteiger partial charge on any atom is -0.508 e. The van der Waals surface area contributed by atoms with Gasteiger partial charge >= 0.3 is 0 Å². The summed E-state index contributed by atoms with van der Waals surface area (Å²) in [4.78, 5) is 0. The molecule has 4 heteroatoms. The number of hydrogen-bond acceptors (Lipinski definition) is 4. The van der Waals surface area contributed by atoms with Crippen molar-refractivity contribution in [1.29, 1.82) is 0 Å². The molecule has 4 nitrogen and oxygen atoms in total. The lowest BCUT2D eigenvalue weighted by atomic mass is 9.68. The number of phenolic OH excluding ortho intramolecular Hbond substituents is 4. The summed E-state index contributed by atoms with van der Waals surface area (Å²) in [6.45, 7) is 0. The number of rotatable bonds is 8. The Hall–Kier alpha value is -3.92. The fraction of sp³-hybridized carbons (Fsp3) is 0.172. The van der Waals surface area contributed by atoms with Crippen LogP contribution in [0.1, 0.15) is 22.3 Å². The molecule has 0 aliphatic heterocycles. The summed E-state index contributed by atoms with van der Waals surface area (Å²) >= 11 is 0. The minimum atomic E-state index is -0.234. The number of hydrogen-bond donors (Lipinski definition) is 4. The number of benzene rings is 4. The normalized spacial score (nSPS) is 11.4. The Morgan fingerprint density at radius 1 is 0.333 bits per heavy atom. The molecule has 0 aliphatic rings. The van der Waals surface area contributed by atoms with Gasteiger partial charge in [0, 0.05) is 0 Å². The highest BCUT2D eigenvalue weighted by Crippen LogP contribution is 2.37. The molecule has 33 heavy (non-hydrogen) atoms. The molecule has 0 saturated heterocycles. The van der Waals surface area contributed by atoms with Crippen molar-refractivity contribution < 1.29 is 20.4 Å². The first-order chi connectivity index (χ1) is 15.9. The SMILES string of the molecule is Oc1ccc(CC(Cc2ccc(O)cc2)(Cc2ccc(O)cc2)Cc2ccc(O)cc2)cc1. The molecule has 0 aromatic heterocycles. The second-order valence-electron chi connectivity index (χ2n) is 8.87. The fourth-order valence-corrected chi connectivity index (χ4v) is 4.56. The first-order valence-corrected chi connectivity index (χ1v) is 11.0. The summed E-state index contributed by atoms with van der Waals surface area (Å²) in [7, 11) is 0. The molecule has 0 bridgehead atoms. The summed E-state index contributed by atoms with van der Waals surface area (Å²) in [5.41, 5.74) is 4.23. The summed E-state index contributed by atoms with van der Waals surface area (Å²) in [6.07, 6.45) is 3.04. The van der Waals surface area contributed by atoms with Crippen LogP contribution in [0, 0.1) is 5.41 Å². The lowest BCUT2D eigenvalue weighted by molar-refractivity contribution is 0.275. The molecule has 0 fully saturated rings. The molecule has 168 valence electrons. The zero-order valence-corrected chi connectivity index (χ0v) is 18.4. The Labute approximate surface area is 194 Å². The number of aromatic hydroxyl groups is 4. The van der Waals surface area contributed by atoms with Crippen LogP contribution in [0.4, 0.5) is 0 Å². The van der Waals surface area contributed by atoms with Crippen LogP contribution in [-0.2, 0) is 25.7 Å². The maximum atomic E-state index is 9.77. The average molecular weight is 441 g/mol. The van der Waals surface area contributed by atoms with Crippen molar-refractivity contribution in [2.45, 2.75) is 25.7 Å². The zero-order valence-electron chi connectivity index (χ0n) is 18.4. The van der Waals surface area contributed by atoms with Crippen molar-refractivity contribution >= 4 is 0 Å². The third kappa shape index (κ3) is 6.07. The largest absolute Gasteiger partial charge is 0.508 e. The van der Waals surface area contributed by atoms with E-state index in [0.29, 0.717) is 0 Å². The third-order valence-corrected chi connectivity index (χ3v) is 6.06. The van der Waals surface area contributed by atoms with Crippen LogP contribution in [0.25, 0.3) is 0 Å². The van der Waals surface area contributed by atoms with Crippen molar-refractivity contribution in [2.24, 2.45) is 5.41 Å². The first kappa shape index (κ1) is 22.3. The summed E-state index contributed by atoms with van der Waals surface area (Å²) < 4.78 is 0. The van der Waals surface area contributed by atoms with E-state index in [-0.39, 0.29) is 28.4 Å². The molecule has 4 N–H and O–H groups in total. The molecular formula is C29H28O4. The van der Waals surface area contributed by atoms with Crippen molar-refractivity contribution in [3.63, 3.8) is 0 Å². The molecule has 0 atom stereocenters. The van der Waals surface area contributed by atoms with Gasteiger partial charge in [0.1, 0.15) is 23.0 Å². The second-order valence-corrected chi connectivity index (χ2v) is 8.87. The van der Waals surface area contributed by atoms with E-state index >= 15 is 0 Å². The molecule has 0 unspecified atom stereocenters. The molecule has 4 aromatic rings. The van der Waals surface area contributed by atoms with Gasteiger partial charge in [-0.05, 0) is 102 Å². The maximum absolute atomic E-state index is 9.77. The van der Waals surface area contributed by atoms with Crippen molar-refractivity contribution in [3.8, 4) is 23.0 Å². The van der Waals surface area contributed by atoms with Gasteiger partial charge < -0.3 is 20.4 Å². The molecule has 4 aromatic carbocycles. The van der Waals surface area contributed by atoms with Crippen LogP contribution >= 0.6 is 0 Å². The van der Waals surface area contributed by atoms with Gasteiger partial charge in [-0.15, -0.1) is 0 Å². The van der Waals surface area contributed by atoms with Gasteiger partial charge in [0.15, 0.2) is 0 Å². The quantitative estimate of drug-likeness (QED) is 0.281. The summed E-state index contributed by atoms with van der Waals surface area (Å²) in [5.74, 6) is 0.944. The Bertz CT molecular complexity index is 967. The van der Waals surface area contributed by atoms with Crippen LogP contribution < -0.4 is 0 Å². The van der Waals surface area contributed by atoms with Gasteiger partial charge in [-0.1, -0.05) is 48.5 Å². The van der Waals surface area contributed by atoms with Crippen molar-refractivity contribution in [1.82, 2.24) is 0 Å². The Balaban J connectivity index is 1.77. The molecule has 0 heterocycles. The highest BCUT2D eigenvalue weighted by atomic mass is 16.3. The van der Waals surface area contributed by atoms with Crippen molar-refractivity contribution in [2.75, 3.05) is 0 Å². The Morgan fingerprint density at radius 2 is 0.515 bits per heavy atom. The minimum absolute atomic E-state index is 0.234. The summed E-state index contributed by atoms with van der Waals surface area (Å²) in [5, 5.41) is 39.1. The molecule has 0 saturated carbocycles. The molecule has 0 aliphatic carbocycles. The summed E-state index contributed by atoms with van der Waals surface area (Å²) in [6, 6.07) is 29.3. The van der Waals surface area contributed by atoms with Gasteiger partial charge in [-0.3, -0.25) is 0 Å². The van der Waals surface area contributed by atoms with Gasteiger partial charge in [-0.25, -0.2) is 0 Å². The zero-order chi connectivity index (χ0) is 23.3. The lowest BCUT2D eigenvalue weighted by Gasteiger charge is -2.35. The lowest BCUT2D eigenvalue weighted by Crippen LogP contribution is -2.32. The van der Waals surface area contributed by atoms with E-state index in [1.165, 1.54) is 0 Å². The van der Waals surface area contributed by atoms with E-state index in [1.54, 1.807) is 48.5 Å². The van der Waals surface area contributed by atoms with Gasteiger partial charge in [0.05, 0.1) is 0 Å². The third-order valence-electron chi connectivity index (χ3n) is 6.06. The first-order valence-electron chi connectivity index (χ1n) is 11.0. The highest BCUT2D eigenvalue weighted by molar-refractivity contribution is 5.34. The van der Waals surface area contributed by atoms with Crippen LogP contribution in [-0.4, -0.2) is 20.4 Å². The van der Waals surface area contributed by atoms with Crippen LogP contribution in [0.2, 0.25) is 0 Å².